The third-order valence-electron chi connectivity index (χ3n) is 6.21. The van der Waals surface area contributed by atoms with E-state index in [1.807, 2.05) is 29.9 Å². The van der Waals surface area contributed by atoms with Crippen molar-refractivity contribution in [2.24, 2.45) is 11.8 Å². The van der Waals surface area contributed by atoms with Gasteiger partial charge in [0.05, 0.1) is 31.1 Å². The molecular weight excluding hydrogens is 373 g/mol. The van der Waals surface area contributed by atoms with Gasteiger partial charge in [0.1, 0.15) is 11.6 Å². The lowest BCUT2D eigenvalue weighted by molar-refractivity contribution is 0.0298. The summed E-state index contributed by atoms with van der Waals surface area (Å²) in [5.74, 6) is 1.38. The summed E-state index contributed by atoms with van der Waals surface area (Å²) in [6.45, 7) is 3.08. The van der Waals surface area contributed by atoms with Crippen LogP contribution in [0.5, 0.6) is 5.75 Å². The molecule has 29 heavy (non-hydrogen) atoms. The van der Waals surface area contributed by atoms with Crippen LogP contribution in [-0.2, 0) is 13.1 Å². The minimum absolute atomic E-state index is 0.0480. The first-order valence-corrected chi connectivity index (χ1v) is 10.2. The van der Waals surface area contributed by atoms with Gasteiger partial charge in [-0.05, 0) is 57.0 Å². The minimum Gasteiger partial charge on any atom is -0.497 e. The summed E-state index contributed by atoms with van der Waals surface area (Å²) in [7, 11) is 5.59. The van der Waals surface area contributed by atoms with E-state index in [4.69, 9.17) is 4.74 Å². The highest BCUT2D eigenvalue weighted by Gasteiger charge is 2.42. The zero-order chi connectivity index (χ0) is 20.5. The molecule has 0 unspecified atom stereocenters. The number of ether oxygens (including phenoxy) is 1. The Morgan fingerprint density at radius 2 is 2.00 bits per heavy atom. The molecule has 2 fully saturated rings. The van der Waals surface area contributed by atoms with Crippen molar-refractivity contribution in [3.05, 3.63) is 41.5 Å². The number of nitrogens with zero attached hydrogens (tertiary/aromatic N) is 5. The first kappa shape index (κ1) is 20.3. The number of hydrogen-bond acceptors (Lipinski definition) is 6. The molecule has 0 bridgehead atoms. The molecule has 1 N–H and O–H groups in total. The van der Waals surface area contributed by atoms with Crippen molar-refractivity contribution in [1.29, 1.82) is 0 Å². The molecule has 2 heterocycles. The third-order valence-corrected chi connectivity index (χ3v) is 6.21. The van der Waals surface area contributed by atoms with E-state index in [0.29, 0.717) is 29.7 Å². The summed E-state index contributed by atoms with van der Waals surface area (Å²) in [5, 5.41) is 19.3. The Morgan fingerprint density at radius 3 is 2.72 bits per heavy atom. The van der Waals surface area contributed by atoms with Crippen LogP contribution in [0.25, 0.3) is 0 Å². The highest BCUT2D eigenvalue weighted by Crippen LogP contribution is 2.41. The summed E-state index contributed by atoms with van der Waals surface area (Å²) < 4.78 is 21.3. The predicted molar refractivity (Wildman–Crippen MR) is 107 cm³/mol. The largest absolute Gasteiger partial charge is 0.497 e. The van der Waals surface area contributed by atoms with E-state index >= 15 is 0 Å². The van der Waals surface area contributed by atoms with Gasteiger partial charge in [0, 0.05) is 31.7 Å². The quantitative estimate of drug-likeness (QED) is 0.795. The molecule has 1 saturated carbocycles. The number of rotatable bonds is 6. The van der Waals surface area contributed by atoms with Crippen molar-refractivity contribution in [1.82, 2.24) is 24.8 Å². The first-order valence-electron chi connectivity index (χ1n) is 10.2. The van der Waals surface area contributed by atoms with Gasteiger partial charge >= 0.3 is 0 Å². The van der Waals surface area contributed by atoms with Crippen molar-refractivity contribution in [2.45, 2.75) is 38.1 Å². The number of aromatic nitrogens is 3. The number of aliphatic hydroxyl groups excluding tert-OH is 1. The van der Waals surface area contributed by atoms with E-state index in [0.717, 1.165) is 38.2 Å². The third kappa shape index (κ3) is 4.44. The number of benzene rings is 1. The summed E-state index contributed by atoms with van der Waals surface area (Å²) in [5.41, 5.74) is 1.57. The lowest BCUT2D eigenvalue weighted by atomic mass is 9.77. The van der Waals surface area contributed by atoms with Crippen LogP contribution in [0.15, 0.2) is 24.4 Å². The van der Waals surface area contributed by atoms with Gasteiger partial charge in [-0.1, -0.05) is 5.21 Å². The van der Waals surface area contributed by atoms with Crippen molar-refractivity contribution >= 4 is 0 Å². The molecule has 4 atom stereocenters. The van der Waals surface area contributed by atoms with Crippen molar-refractivity contribution < 1.29 is 14.2 Å². The fourth-order valence-electron chi connectivity index (χ4n) is 4.83. The molecule has 0 spiro atoms. The zero-order valence-electron chi connectivity index (χ0n) is 17.3. The Balaban J connectivity index is 1.42. The van der Waals surface area contributed by atoms with E-state index in [-0.39, 0.29) is 11.9 Å². The number of halogens is 1. The molecule has 1 aliphatic carbocycles. The number of hydrogen-bond donors (Lipinski definition) is 1. The molecule has 7 nitrogen and oxygen atoms in total. The fourth-order valence-corrected chi connectivity index (χ4v) is 4.83. The summed E-state index contributed by atoms with van der Waals surface area (Å²) in [4.78, 5) is 4.34. The van der Waals surface area contributed by atoms with Crippen LogP contribution in [0.2, 0.25) is 0 Å². The Hall–Kier alpha value is -2.03. The molecule has 0 amide bonds. The minimum atomic E-state index is -0.432. The molecular formula is C21H30FN5O2. The topological polar surface area (TPSA) is 66.7 Å². The van der Waals surface area contributed by atoms with Crippen LogP contribution in [0, 0.1) is 17.7 Å². The molecule has 0 radical (unpaired) electrons. The second-order valence-corrected chi connectivity index (χ2v) is 8.71. The number of fused-ring (bicyclic) bond motifs is 1. The van der Waals surface area contributed by atoms with Crippen LogP contribution in [-0.4, -0.2) is 70.3 Å². The molecule has 1 aromatic heterocycles. The lowest BCUT2D eigenvalue weighted by Crippen LogP contribution is -2.36. The smallest absolute Gasteiger partial charge is 0.127 e. The van der Waals surface area contributed by atoms with Gasteiger partial charge < -0.3 is 14.7 Å². The predicted octanol–water partition coefficient (Wildman–Crippen LogP) is 1.93. The Morgan fingerprint density at radius 1 is 1.24 bits per heavy atom. The SMILES string of the molecule is COc1ccc(F)c(CN2C[C@H]3C[C@@H](n4cc(CN(C)C)nn4)[C@H](O)C[C@H]3C2)c1. The average Bonchev–Trinajstić information content (AvgIpc) is 3.28. The summed E-state index contributed by atoms with van der Waals surface area (Å²) in [6, 6.07) is 4.84. The van der Waals surface area contributed by atoms with E-state index in [9.17, 15) is 9.50 Å². The maximum Gasteiger partial charge on any atom is 0.127 e. The van der Waals surface area contributed by atoms with E-state index in [1.165, 1.54) is 6.07 Å². The zero-order valence-corrected chi connectivity index (χ0v) is 17.3. The van der Waals surface area contributed by atoms with Crippen LogP contribution >= 0.6 is 0 Å². The lowest BCUT2D eigenvalue weighted by Gasteiger charge is -2.35. The van der Waals surface area contributed by atoms with Crippen molar-refractivity contribution in [2.75, 3.05) is 34.3 Å². The van der Waals surface area contributed by atoms with Gasteiger partial charge in [0.2, 0.25) is 0 Å². The maximum absolute atomic E-state index is 14.2. The van der Waals surface area contributed by atoms with Gasteiger partial charge in [-0.3, -0.25) is 4.90 Å². The fraction of sp³-hybridized carbons (Fsp3) is 0.619. The summed E-state index contributed by atoms with van der Waals surface area (Å²) >= 11 is 0. The van der Waals surface area contributed by atoms with E-state index < -0.39 is 6.10 Å². The second-order valence-electron chi connectivity index (χ2n) is 8.71. The molecule has 8 heteroatoms. The number of aliphatic hydroxyl groups is 1. The Labute approximate surface area is 171 Å². The number of likely N-dealkylation sites (tertiary alicyclic amines) is 1. The standard InChI is InChI=1S/C21H30FN5O2/c1-25(2)12-17-13-27(24-23-17)20-7-14-9-26(10-15(14)8-21(20)28)11-16-6-18(29-3)4-5-19(16)22/h4-6,13-15,20-21,28H,7-12H2,1-3H3/t14-,15+,20-,21-/m1/s1. The first-order chi connectivity index (χ1) is 13.9. The second kappa shape index (κ2) is 8.38. The molecule has 4 rings (SSSR count). The number of methoxy groups -OCH3 is 1. The molecule has 1 aliphatic heterocycles. The molecule has 2 aliphatic rings. The van der Waals surface area contributed by atoms with Crippen LogP contribution in [0.1, 0.15) is 30.1 Å². The van der Waals surface area contributed by atoms with Gasteiger partial charge in [0.25, 0.3) is 0 Å². The van der Waals surface area contributed by atoms with Crippen LogP contribution in [0.3, 0.4) is 0 Å². The van der Waals surface area contributed by atoms with Crippen molar-refractivity contribution in [3.8, 4) is 5.75 Å². The van der Waals surface area contributed by atoms with Crippen LogP contribution < -0.4 is 4.74 Å². The van der Waals surface area contributed by atoms with Gasteiger partial charge in [-0.25, -0.2) is 9.07 Å². The molecule has 158 valence electrons. The maximum atomic E-state index is 14.2. The monoisotopic (exact) mass is 403 g/mol. The van der Waals surface area contributed by atoms with E-state index in [1.54, 1.807) is 19.2 Å². The molecule has 2 aromatic rings. The molecule has 1 saturated heterocycles. The normalized spacial score (nSPS) is 27.4. The Bertz CT molecular complexity index is 842. The van der Waals surface area contributed by atoms with Gasteiger partial charge in [0.15, 0.2) is 0 Å². The van der Waals surface area contributed by atoms with E-state index in [2.05, 4.69) is 15.2 Å². The van der Waals surface area contributed by atoms with Gasteiger partial charge in [-0.2, -0.15) is 0 Å². The average molecular weight is 404 g/mol. The molecule has 1 aromatic carbocycles. The highest BCUT2D eigenvalue weighted by atomic mass is 19.1. The summed E-state index contributed by atoms with van der Waals surface area (Å²) in [6.07, 6.45) is 3.13. The highest BCUT2D eigenvalue weighted by molar-refractivity contribution is 5.29. The van der Waals surface area contributed by atoms with Crippen molar-refractivity contribution in [3.63, 3.8) is 0 Å². The van der Waals surface area contributed by atoms with Crippen LogP contribution in [0.4, 0.5) is 4.39 Å². The van der Waals surface area contributed by atoms with Gasteiger partial charge in [-0.15, -0.1) is 5.10 Å². The Kier molecular flexibility index (Phi) is 5.85.